The molecule has 0 radical (unpaired) electrons. The molecule has 0 saturated heterocycles. The first-order chi connectivity index (χ1) is 9.72. The number of anilines is 1. The van der Waals surface area contributed by atoms with Crippen LogP contribution in [0.15, 0.2) is 47.6 Å². The van der Waals surface area contributed by atoms with E-state index in [2.05, 4.69) is 44.2 Å². The first-order valence-corrected chi connectivity index (χ1v) is 7.76. The van der Waals surface area contributed by atoms with E-state index in [1.165, 1.54) is 14.2 Å². The Kier molecular flexibility index (Phi) is 3.84. The average molecular weight is 349 g/mol. The first kappa shape index (κ1) is 13.3. The van der Waals surface area contributed by atoms with Gasteiger partial charge >= 0.3 is 0 Å². The summed E-state index contributed by atoms with van der Waals surface area (Å²) in [5.41, 5.74) is 1.01. The Labute approximate surface area is 129 Å². The molecular formula is C14H13BrN4S. The Morgan fingerprint density at radius 2 is 2.30 bits per heavy atom. The number of halogens is 1. The molecule has 3 heterocycles. The highest BCUT2D eigenvalue weighted by molar-refractivity contribution is 9.10. The van der Waals surface area contributed by atoms with Crippen molar-refractivity contribution in [3.05, 3.63) is 57.3 Å². The summed E-state index contributed by atoms with van der Waals surface area (Å²) in [6, 6.07) is 6.15. The molecule has 4 nitrogen and oxygen atoms in total. The van der Waals surface area contributed by atoms with E-state index in [0.29, 0.717) is 0 Å². The van der Waals surface area contributed by atoms with Gasteiger partial charge in [-0.3, -0.25) is 4.57 Å². The third-order valence-corrected chi connectivity index (χ3v) is 5.03. The lowest BCUT2D eigenvalue weighted by atomic mass is 10.3. The summed E-state index contributed by atoms with van der Waals surface area (Å²) < 4.78 is 3.05. The third-order valence-electron chi connectivity index (χ3n) is 2.89. The lowest BCUT2D eigenvalue weighted by Crippen LogP contribution is -1.99. The van der Waals surface area contributed by atoms with Crippen LogP contribution in [0.1, 0.15) is 9.75 Å². The lowest BCUT2D eigenvalue weighted by molar-refractivity contribution is 0.991. The van der Waals surface area contributed by atoms with Gasteiger partial charge in [0.2, 0.25) is 0 Å². The van der Waals surface area contributed by atoms with Crippen molar-refractivity contribution in [3.8, 4) is 5.82 Å². The molecule has 0 aliphatic carbocycles. The zero-order valence-electron chi connectivity index (χ0n) is 10.9. The lowest BCUT2D eigenvalue weighted by Gasteiger charge is -2.06. The van der Waals surface area contributed by atoms with E-state index in [1.807, 2.05) is 29.1 Å². The van der Waals surface area contributed by atoms with E-state index in [1.54, 1.807) is 23.9 Å². The predicted molar refractivity (Wildman–Crippen MR) is 85.4 cm³/mol. The molecule has 20 heavy (non-hydrogen) atoms. The summed E-state index contributed by atoms with van der Waals surface area (Å²) in [6.07, 6.45) is 7.19. The Hall–Kier alpha value is -1.66. The molecule has 0 saturated carbocycles. The van der Waals surface area contributed by atoms with E-state index in [4.69, 9.17) is 0 Å². The fraction of sp³-hybridized carbons (Fsp3) is 0.143. The quantitative estimate of drug-likeness (QED) is 0.774. The van der Waals surface area contributed by atoms with Gasteiger partial charge in [0.1, 0.15) is 12.1 Å². The van der Waals surface area contributed by atoms with E-state index in [0.717, 1.165) is 18.1 Å². The van der Waals surface area contributed by atoms with Crippen LogP contribution in [-0.2, 0) is 6.54 Å². The molecule has 0 atom stereocenters. The minimum atomic E-state index is 0.809. The van der Waals surface area contributed by atoms with Crippen LogP contribution in [0, 0.1) is 6.92 Å². The second-order valence-electron chi connectivity index (χ2n) is 4.35. The van der Waals surface area contributed by atoms with Gasteiger partial charge in [0.05, 0.1) is 11.9 Å². The number of rotatable bonds is 4. The summed E-state index contributed by atoms with van der Waals surface area (Å²) >= 11 is 5.33. The zero-order chi connectivity index (χ0) is 13.9. The van der Waals surface area contributed by atoms with Gasteiger partial charge in [-0.25, -0.2) is 9.97 Å². The Morgan fingerprint density at radius 1 is 1.40 bits per heavy atom. The smallest absolute Gasteiger partial charge is 0.137 e. The van der Waals surface area contributed by atoms with Crippen LogP contribution in [0.4, 0.5) is 5.69 Å². The highest BCUT2D eigenvalue weighted by atomic mass is 79.9. The number of hydrogen-bond donors (Lipinski definition) is 1. The fourth-order valence-electron chi connectivity index (χ4n) is 1.83. The number of aromatic nitrogens is 3. The average Bonchev–Trinajstić information content (AvgIpc) is 3.08. The van der Waals surface area contributed by atoms with Crippen molar-refractivity contribution < 1.29 is 0 Å². The summed E-state index contributed by atoms with van der Waals surface area (Å²) in [4.78, 5) is 11.0. The second-order valence-corrected chi connectivity index (χ2v) is 6.54. The highest BCUT2D eigenvalue weighted by Crippen LogP contribution is 2.26. The van der Waals surface area contributed by atoms with Gasteiger partial charge in [-0.2, -0.15) is 0 Å². The highest BCUT2D eigenvalue weighted by Gasteiger charge is 2.03. The van der Waals surface area contributed by atoms with Crippen molar-refractivity contribution in [2.24, 2.45) is 0 Å². The molecule has 0 aliphatic heterocycles. The third kappa shape index (κ3) is 2.91. The molecule has 3 rings (SSSR count). The molecule has 0 fully saturated rings. The molecule has 3 aromatic heterocycles. The molecule has 6 heteroatoms. The Bertz CT molecular complexity index is 669. The fourth-order valence-corrected chi connectivity index (χ4v) is 3.37. The maximum absolute atomic E-state index is 4.41. The number of hydrogen-bond acceptors (Lipinski definition) is 4. The molecule has 0 unspecified atom stereocenters. The number of aryl methyl sites for hydroxylation is 1. The maximum Gasteiger partial charge on any atom is 0.137 e. The van der Waals surface area contributed by atoms with Crippen molar-refractivity contribution in [3.63, 3.8) is 0 Å². The second kappa shape index (κ2) is 5.76. The molecule has 3 aromatic rings. The first-order valence-electron chi connectivity index (χ1n) is 6.15. The van der Waals surface area contributed by atoms with Crippen LogP contribution >= 0.6 is 27.3 Å². The zero-order valence-corrected chi connectivity index (χ0v) is 13.3. The Balaban J connectivity index is 1.66. The van der Waals surface area contributed by atoms with Crippen LogP contribution in [0.5, 0.6) is 0 Å². The molecule has 0 amide bonds. The minimum absolute atomic E-state index is 0.809. The van der Waals surface area contributed by atoms with Crippen LogP contribution in [-0.4, -0.2) is 14.5 Å². The van der Waals surface area contributed by atoms with E-state index >= 15 is 0 Å². The van der Waals surface area contributed by atoms with E-state index < -0.39 is 0 Å². The molecule has 0 aliphatic rings. The number of nitrogens with zero attached hydrogens (tertiary/aromatic N) is 3. The van der Waals surface area contributed by atoms with Crippen molar-refractivity contribution in [2.45, 2.75) is 13.5 Å². The van der Waals surface area contributed by atoms with E-state index in [9.17, 15) is 0 Å². The molecule has 0 aromatic carbocycles. The Morgan fingerprint density at radius 3 is 2.90 bits per heavy atom. The number of thiophene rings is 1. The van der Waals surface area contributed by atoms with Gasteiger partial charge in [0.15, 0.2) is 0 Å². The van der Waals surface area contributed by atoms with Crippen LogP contribution in [0.25, 0.3) is 5.82 Å². The van der Waals surface area contributed by atoms with Crippen LogP contribution < -0.4 is 5.32 Å². The van der Waals surface area contributed by atoms with Crippen molar-refractivity contribution in [1.82, 2.24) is 14.5 Å². The number of nitrogens with one attached hydrogen (secondary N) is 1. The molecule has 0 bridgehead atoms. The van der Waals surface area contributed by atoms with Gasteiger partial charge in [-0.1, -0.05) is 0 Å². The van der Waals surface area contributed by atoms with Gasteiger partial charge in [0.25, 0.3) is 0 Å². The molecular weight excluding hydrogens is 336 g/mol. The summed E-state index contributed by atoms with van der Waals surface area (Å²) in [6.45, 7) is 2.92. The summed E-state index contributed by atoms with van der Waals surface area (Å²) in [5, 5.41) is 3.38. The topological polar surface area (TPSA) is 42.7 Å². The standard InChI is InChI=1S/C14H13BrN4S/c1-10-13(15)6-12(20-10)8-17-11-2-3-14(18-7-11)19-5-4-16-9-19/h2-7,9,17H,8H2,1H3. The monoisotopic (exact) mass is 348 g/mol. The van der Waals surface area contributed by atoms with Crippen molar-refractivity contribution in [1.29, 1.82) is 0 Å². The maximum atomic E-state index is 4.41. The van der Waals surface area contributed by atoms with Gasteiger partial charge < -0.3 is 5.32 Å². The molecule has 1 N–H and O–H groups in total. The van der Waals surface area contributed by atoms with Gasteiger partial charge in [-0.05, 0) is 41.1 Å². The summed E-state index contributed by atoms with van der Waals surface area (Å²) in [7, 11) is 0. The minimum Gasteiger partial charge on any atom is -0.379 e. The normalized spacial score (nSPS) is 10.7. The number of pyridine rings is 1. The van der Waals surface area contributed by atoms with Crippen molar-refractivity contribution >= 4 is 33.0 Å². The van der Waals surface area contributed by atoms with Crippen LogP contribution in [0.3, 0.4) is 0 Å². The summed E-state index contributed by atoms with van der Waals surface area (Å²) in [5.74, 6) is 0.864. The largest absolute Gasteiger partial charge is 0.379 e. The van der Waals surface area contributed by atoms with Gasteiger partial charge in [0, 0.05) is 33.2 Å². The SMILES string of the molecule is Cc1sc(CNc2ccc(-n3ccnc3)nc2)cc1Br. The van der Waals surface area contributed by atoms with Crippen molar-refractivity contribution in [2.75, 3.05) is 5.32 Å². The predicted octanol–water partition coefficient (Wildman–Crippen LogP) is 4.01. The molecule has 102 valence electrons. The van der Waals surface area contributed by atoms with Crippen LogP contribution in [0.2, 0.25) is 0 Å². The molecule has 0 spiro atoms. The van der Waals surface area contributed by atoms with Gasteiger partial charge in [-0.15, -0.1) is 11.3 Å². The number of imidazole rings is 1. The van der Waals surface area contributed by atoms with E-state index in [-0.39, 0.29) is 0 Å².